The second-order valence-electron chi connectivity index (χ2n) is 1.93. The van der Waals surface area contributed by atoms with Crippen LogP contribution in [0, 0.1) is 0 Å². The number of carbonyl (C=O) groups is 1. The Kier molecular flexibility index (Phi) is 6.15. The molecule has 0 rings (SSSR count). The van der Waals surface area contributed by atoms with Crippen LogP contribution >= 0.6 is 12.4 Å². The first-order chi connectivity index (χ1) is 4.09. The number of likely N-dealkylation sites (N-methyl/N-ethyl adjacent to an activating group) is 1. The Morgan fingerprint density at radius 1 is 1.80 bits per heavy atom. The molecule has 0 aliphatic carbocycles. The fraction of sp³-hybridized carbons (Fsp3) is 0.500. The van der Waals surface area contributed by atoms with E-state index in [4.69, 9.17) is 5.73 Å². The summed E-state index contributed by atoms with van der Waals surface area (Å²) in [5, 5.41) is 0. The fourth-order valence-electron chi connectivity index (χ4n) is 0.359. The maximum atomic E-state index is 10.4. The third-order valence-electron chi connectivity index (χ3n) is 1.30. The van der Waals surface area contributed by atoms with Crippen LogP contribution in [0.15, 0.2) is 12.7 Å². The summed E-state index contributed by atoms with van der Waals surface area (Å²) in [6, 6.07) is -0.412. The molecule has 0 aromatic carbocycles. The topological polar surface area (TPSA) is 46.3 Å². The summed E-state index contributed by atoms with van der Waals surface area (Å²) in [5.41, 5.74) is 4.95. The second-order valence-corrected chi connectivity index (χ2v) is 1.93. The lowest BCUT2D eigenvalue weighted by Gasteiger charge is -2.18. The average Bonchev–Trinajstić information content (AvgIpc) is 1.84. The van der Waals surface area contributed by atoms with Gasteiger partial charge in [0.2, 0.25) is 0 Å². The van der Waals surface area contributed by atoms with E-state index in [1.54, 1.807) is 13.1 Å². The van der Waals surface area contributed by atoms with Crippen LogP contribution in [0.4, 0.5) is 4.79 Å². The van der Waals surface area contributed by atoms with E-state index in [-0.39, 0.29) is 18.4 Å². The molecule has 1 atom stereocenters. The summed E-state index contributed by atoms with van der Waals surface area (Å²) < 4.78 is 0. The maximum absolute atomic E-state index is 10.4. The number of nitrogens with zero attached hydrogens (tertiary/aromatic N) is 1. The number of hydrogen-bond acceptors (Lipinski definition) is 1. The monoisotopic (exact) mass is 164 g/mol. The molecule has 0 heterocycles. The lowest BCUT2D eigenvalue weighted by atomic mass is 10.3. The molecule has 0 aromatic heterocycles. The molecule has 0 aliphatic rings. The van der Waals surface area contributed by atoms with Gasteiger partial charge in [-0.25, -0.2) is 4.79 Å². The Morgan fingerprint density at radius 3 is 2.30 bits per heavy atom. The highest BCUT2D eigenvalue weighted by Crippen LogP contribution is 1.93. The van der Waals surface area contributed by atoms with Crippen LogP contribution in [0.1, 0.15) is 6.92 Å². The second kappa shape index (κ2) is 5.11. The van der Waals surface area contributed by atoms with Crippen molar-refractivity contribution in [1.29, 1.82) is 0 Å². The summed E-state index contributed by atoms with van der Waals surface area (Å²) in [4.78, 5) is 11.8. The zero-order valence-electron chi connectivity index (χ0n) is 6.20. The van der Waals surface area contributed by atoms with E-state index in [0.717, 1.165) is 0 Å². The van der Waals surface area contributed by atoms with Gasteiger partial charge >= 0.3 is 6.03 Å². The van der Waals surface area contributed by atoms with Crippen molar-refractivity contribution in [2.24, 2.45) is 5.73 Å². The van der Waals surface area contributed by atoms with Crippen LogP contribution in [0.3, 0.4) is 0 Å². The quantitative estimate of drug-likeness (QED) is 0.608. The van der Waals surface area contributed by atoms with Gasteiger partial charge in [-0.2, -0.15) is 0 Å². The normalized spacial score (nSPS) is 11.0. The molecule has 0 aromatic rings. The van der Waals surface area contributed by atoms with Crippen LogP contribution in [0.25, 0.3) is 0 Å². The highest BCUT2D eigenvalue weighted by molar-refractivity contribution is 5.85. The fourth-order valence-corrected chi connectivity index (χ4v) is 0.359. The van der Waals surface area contributed by atoms with Gasteiger partial charge in [0.25, 0.3) is 0 Å². The highest BCUT2D eigenvalue weighted by atomic mass is 35.5. The van der Waals surface area contributed by atoms with E-state index in [1.807, 2.05) is 6.92 Å². The summed E-state index contributed by atoms with van der Waals surface area (Å²) >= 11 is 0. The predicted molar refractivity (Wildman–Crippen MR) is 44.3 cm³/mol. The zero-order chi connectivity index (χ0) is 7.44. The Bertz CT molecular complexity index is 127. The van der Waals surface area contributed by atoms with Gasteiger partial charge in [-0.1, -0.05) is 6.08 Å². The number of carbonyl (C=O) groups excluding carboxylic acids is 1. The van der Waals surface area contributed by atoms with Crippen LogP contribution in [-0.4, -0.2) is 24.0 Å². The minimum atomic E-state index is -0.428. The molecule has 2 amide bonds. The highest BCUT2D eigenvalue weighted by Gasteiger charge is 2.06. The number of urea groups is 1. The van der Waals surface area contributed by atoms with Crippen molar-refractivity contribution in [2.75, 3.05) is 7.05 Å². The first kappa shape index (κ1) is 12.0. The summed E-state index contributed by atoms with van der Waals surface area (Å²) in [6.07, 6.45) is 1.66. The molecule has 0 aliphatic heterocycles. The molecule has 0 bridgehead atoms. The third-order valence-corrected chi connectivity index (χ3v) is 1.30. The van der Waals surface area contributed by atoms with Crippen molar-refractivity contribution < 1.29 is 4.79 Å². The Labute approximate surface area is 67.3 Å². The molecule has 0 radical (unpaired) electrons. The van der Waals surface area contributed by atoms with Gasteiger partial charge in [0.15, 0.2) is 0 Å². The van der Waals surface area contributed by atoms with E-state index in [0.29, 0.717) is 0 Å². The average molecular weight is 165 g/mol. The maximum Gasteiger partial charge on any atom is 0.315 e. The van der Waals surface area contributed by atoms with Crippen molar-refractivity contribution in [1.82, 2.24) is 4.90 Å². The van der Waals surface area contributed by atoms with Crippen LogP contribution in [0.2, 0.25) is 0 Å². The molecular formula is C6H13ClN2O. The SMILES string of the molecule is C=CC(C)N(C)C(N)=O.Cl. The molecule has 0 saturated carbocycles. The third kappa shape index (κ3) is 3.35. The van der Waals surface area contributed by atoms with Gasteiger partial charge in [0.05, 0.1) is 0 Å². The first-order valence-corrected chi connectivity index (χ1v) is 2.74. The smallest absolute Gasteiger partial charge is 0.315 e. The van der Waals surface area contributed by atoms with Gasteiger partial charge in [0.1, 0.15) is 0 Å². The molecular weight excluding hydrogens is 152 g/mol. The molecule has 0 fully saturated rings. The summed E-state index contributed by atoms with van der Waals surface area (Å²) in [7, 11) is 1.63. The Hall–Kier alpha value is -0.700. The van der Waals surface area contributed by atoms with Crippen molar-refractivity contribution in [3.05, 3.63) is 12.7 Å². The molecule has 0 spiro atoms. The van der Waals surface area contributed by atoms with E-state index in [2.05, 4.69) is 6.58 Å². The Balaban J connectivity index is 0. The molecule has 3 nitrogen and oxygen atoms in total. The first-order valence-electron chi connectivity index (χ1n) is 2.74. The van der Waals surface area contributed by atoms with E-state index >= 15 is 0 Å². The minimum absolute atomic E-state index is 0. The van der Waals surface area contributed by atoms with Gasteiger partial charge in [-0.05, 0) is 6.92 Å². The van der Waals surface area contributed by atoms with E-state index in [9.17, 15) is 4.79 Å². The standard InChI is InChI=1S/C6H12N2O.ClH/c1-4-5(2)8(3)6(7)9;/h4-5H,1H2,2-3H3,(H2,7,9);1H. The summed E-state index contributed by atoms with van der Waals surface area (Å²) in [5.74, 6) is 0. The van der Waals surface area contributed by atoms with E-state index < -0.39 is 6.03 Å². The number of rotatable bonds is 2. The van der Waals surface area contributed by atoms with Crippen molar-refractivity contribution in [2.45, 2.75) is 13.0 Å². The lowest BCUT2D eigenvalue weighted by molar-refractivity contribution is 0.212. The van der Waals surface area contributed by atoms with Gasteiger partial charge in [-0.3, -0.25) is 0 Å². The molecule has 0 saturated heterocycles. The van der Waals surface area contributed by atoms with Gasteiger partial charge in [0, 0.05) is 13.1 Å². The number of halogens is 1. The number of hydrogen-bond donors (Lipinski definition) is 1. The van der Waals surface area contributed by atoms with Crippen LogP contribution in [-0.2, 0) is 0 Å². The minimum Gasteiger partial charge on any atom is -0.351 e. The Morgan fingerprint density at radius 2 is 2.20 bits per heavy atom. The number of amides is 2. The number of nitrogens with two attached hydrogens (primary N) is 1. The van der Waals surface area contributed by atoms with Crippen LogP contribution < -0.4 is 5.73 Å². The van der Waals surface area contributed by atoms with Crippen LogP contribution in [0.5, 0.6) is 0 Å². The van der Waals surface area contributed by atoms with Gasteiger partial charge < -0.3 is 10.6 Å². The largest absolute Gasteiger partial charge is 0.351 e. The molecule has 10 heavy (non-hydrogen) atoms. The predicted octanol–water partition coefficient (Wildman–Crippen LogP) is 0.993. The van der Waals surface area contributed by atoms with Gasteiger partial charge in [-0.15, -0.1) is 19.0 Å². The molecule has 60 valence electrons. The van der Waals surface area contributed by atoms with Crippen molar-refractivity contribution in [3.63, 3.8) is 0 Å². The van der Waals surface area contributed by atoms with Crippen molar-refractivity contribution >= 4 is 18.4 Å². The number of primary amides is 1. The molecule has 1 unspecified atom stereocenters. The summed E-state index contributed by atoms with van der Waals surface area (Å²) in [6.45, 7) is 5.36. The van der Waals surface area contributed by atoms with E-state index in [1.165, 1.54) is 4.90 Å². The van der Waals surface area contributed by atoms with Crippen molar-refractivity contribution in [3.8, 4) is 0 Å². The molecule has 2 N–H and O–H groups in total. The lowest BCUT2D eigenvalue weighted by Crippen LogP contribution is -2.37. The molecule has 4 heteroatoms. The zero-order valence-corrected chi connectivity index (χ0v) is 7.02.